The van der Waals surface area contributed by atoms with Crippen molar-refractivity contribution >= 4 is 5.91 Å². The highest BCUT2D eigenvalue weighted by molar-refractivity contribution is 5.91. The smallest absolute Gasteiger partial charge is 0.272 e. The lowest BCUT2D eigenvalue weighted by atomic mass is 10.2. The van der Waals surface area contributed by atoms with Gasteiger partial charge in [-0.1, -0.05) is 30.3 Å². The van der Waals surface area contributed by atoms with E-state index in [1.54, 1.807) is 24.2 Å². The topological polar surface area (TPSA) is 46.1 Å². The number of benzene rings is 1. The SMILES string of the molecule is CN(Cc1ccccc1)C(=O)c1ccncn1. The van der Waals surface area contributed by atoms with Gasteiger partial charge in [0, 0.05) is 19.8 Å². The molecule has 0 unspecified atom stereocenters. The molecule has 0 spiro atoms. The van der Waals surface area contributed by atoms with E-state index < -0.39 is 0 Å². The highest BCUT2D eigenvalue weighted by Gasteiger charge is 2.12. The lowest BCUT2D eigenvalue weighted by molar-refractivity contribution is 0.0779. The molecule has 0 aliphatic heterocycles. The van der Waals surface area contributed by atoms with Gasteiger partial charge >= 0.3 is 0 Å². The van der Waals surface area contributed by atoms with Gasteiger partial charge in [0.2, 0.25) is 0 Å². The van der Waals surface area contributed by atoms with Gasteiger partial charge < -0.3 is 4.90 Å². The lowest BCUT2D eigenvalue weighted by Gasteiger charge is -2.16. The molecule has 4 heteroatoms. The number of hydrogen-bond acceptors (Lipinski definition) is 3. The lowest BCUT2D eigenvalue weighted by Crippen LogP contribution is -2.26. The molecule has 0 N–H and O–H groups in total. The Morgan fingerprint density at radius 1 is 1.24 bits per heavy atom. The molecule has 0 bridgehead atoms. The standard InChI is InChI=1S/C13H13N3O/c1-16(9-11-5-3-2-4-6-11)13(17)12-7-8-14-10-15-12/h2-8,10H,9H2,1H3. The number of carbonyl (C=O) groups is 1. The van der Waals surface area contributed by atoms with Crippen molar-refractivity contribution in [3.8, 4) is 0 Å². The summed E-state index contributed by atoms with van der Waals surface area (Å²) in [5, 5.41) is 0. The van der Waals surface area contributed by atoms with E-state index in [1.165, 1.54) is 6.33 Å². The van der Waals surface area contributed by atoms with Crippen molar-refractivity contribution in [2.75, 3.05) is 7.05 Å². The summed E-state index contributed by atoms with van der Waals surface area (Å²) in [5.74, 6) is -0.101. The summed E-state index contributed by atoms with van der Waals surface area (Å²) in [6, 6.07) is 11.5. The molecular weight excluding hydrogens is 214 g/mol. The van der Waals surface area contributed by atoms with E-state index >= 15 is 0 Å². The van der Waals surface area contributed by atoms with Gasteiger partial charge in [0.25, 0.3) is 5.91 Å². The molecule has 0 radical (unpaired) electrons. The number of rotatable bonds is 3. The molecule has 2 aromatic rings. The maximum absolute atomic E-state index is 12.0. The van der Waals surface area contributed by atoms with Crippen LogP contribution in [0.3, 0.4) is 0 Å². The molecule has 2 rings (SSSR count). The van der Waals surface area contributed by atoms with E-state index in [0.717, 1.165) is 5.56 Å². The second-order valence-corrected chi connectivity index (χ2v) is 3.74. The van der Waals surface area contributed by atoms with E-state index in [2.05, 4.69) is 9.97 Å². The Balaban J connectivity index is 2.06. The molecule has 0 atom stereocenters. The molecule has 1 aromatic carbocycles. The van der Waals surface area contributed by atoms with Crippen LogP contribution in [-0.2, 0) is 6.54 Å². The van der Waals surface area contributed by atoms with Crippen LogP contribution in [0.2, 0.25) is 0 Å². The second-order valence-electron chi connectivity index (χ2n) is 3.74. The minimum absolute atomic E-state index is 0.101. The van der Waals surface area contributed by atoms with Gasteiger partial charge in [-0.3, -0.25) is 4.79 Å². The first-order valence-corrected chi connectivity index (χ1v) is 5.33. The van der Waals surface area contributed by atoms with Crippen LogP contribution in [-0.4, -0.2) is 27.8 Å². The maximum atomic E-state index is 12.0. The van der Waals surface area contributed by atoms with Crippen LogP contribution in [0.4, 0.5) is 0 Å². The quantitative estimate of drug-likeness (QED) is 0.802. The molecule has 4 nitrogen and oxygen atoms in total. The van der Waals surface area contributed by atoms with Crippen LogP contribution < -0.4 is 0 Å². The Labute approximate surface area is 99.9 Å². The van der Waals surface area contributed by atoms with Crippen molar-refractivity contribution < 1.29 is 4.79 Å². The zero-order valence-corrected chi connectivity index (χ0v) is 9.58. The molecule has 0 fully saturated rings. The van der Waals surface area contributed by atoms with Crippen LogP contribution in [0.1, 0.15) is 16.1 Å². The number of aromatic nitrogens is 2. The minimum atomic E-state index is -0.101. The van der Waals surface area contributed by atoms with Gasteiger partial charge in [-0.25, -0.2) is 9.97 Å². The van der Waals surface area contributed by atoms with E-state index in [4.69, 9.17) is 0 Å². The van der Waals surface area contributed by atoms with Gasteiger partial charge in [-0.15, -0.1) is 0 Å². The number of carbonyl (C=O) groups excluding carboxylic acids is 1. The highest BCUT2D eigenvalue weighted by Crippen LogP contribution is 2.05. The van der Waals surface area contributed by atoms with Crippen molar-refractivity contribution in [3.63, 3.8) is 0 Å². The molecule has 86 valence electrons. The summed E-state index contributed by atoms with van der Waals surface area (Å²) in [5.41, 5.74) is 1.51. The Morgan fingerprint density at radius 2 is 2.00 bits per heavy atom. The molecular formula is C13H13N3O. The van der Waals surface area contributed by atoms with Crippen molar-refractivity contribution in [2.45, 2.75) is 6.54 Å². The molecule has 0 saturated carbocycles. The first-order valence-electron chi connectivity index (χ1n) is 5.33. The van der Waals surface area contributed by atoms with Gasteiger partial charge in [0.15, 0.2) is 0 Å². The second kappa shape index (κ2) is 5.21. The van der Waals surface area contributed by atoms with Gasteiger partial charge in [-0.05, 0) is 11.6 Å². The Hall–Kier alpha value is -2.23. The number of hydrogen-bond donors (Lipinski definition) is 0. The summed E-state index contributed by atoms with van der Waals surface area (Å²) in [6.07, 6.45) is 2.94. The fraction of sp³-hybridized carbons (Fsp3) is 0.154. The highest BCUT2D eigenvalue weighted by atomic mass is 16.2. The van der Waals surface area contributed by atoms with Crippen molar-refractivity contribution in [1.29, 1.82) is 0 Å². The molecule has 1 aromatic heterocycles. The first-order chi connectivity index (χ1) is 8.27. The summed E-state index contributed by atoms with van der Waals surface area (Å²) in [7, 11) is 1.76. The fourth-order valence-corrected chi connectivity index (χ4v) is 1.54. The van der Waals surface area contributed by atoms with E-state index in [9.17, 15) is 4.79 Å². The minimum Gasteiger partial charge on any atom is -0.336 e. The van der Waals surface area contributed by atoms with Gasteiger partial charge in [0.05, 0.1) is 0 Å². The van der Waals surface area contributed by atoms with E-state index in [1.807, 2.05) is 30.3 Å². The van der Waals surface area contributed by atoms with Gasteiger partial charge in [0.1, 0.15) is 12.0 Å². The van der Waals surface area contributed by atoms with Crippen molar-refractivity contribution in [3.05, 3.63) is 60.2 Å². The predicted octanol–water partition coefficient (Wildman–Crippen LogP) is 1.75. The molecule has 17 heavy (non-hydrogen) atoms. The Kier molecular flexibility index (Phi) is 3.45. The average Bonchev–Trinajstić information content (AvgIpc) is 2.40. The molecule has 1 heterocycles. The van der Waals surface area contributed by atoms with Crippen molar-refractivity contribution in [1.82, 2.24) is 14.9 Å². The largest absolute Gasteiger partial charge is 0.336 e. The monoisotopic (exact) mass is 227 g/mol. The Morgan fingerprint density at radius 3 is 2.65 bits per heavy atom. The summed E-state index contributed by atoms with van der Waals surface area (Å²) < 4.78 is 0. The fourth-order valence-electron chi connectivity index (χ4n) is 1.54. The number of amides is 1. The van der Waals surface area contributed by atoms with Crippen LogP contribution in [0.5, 0.6) is 0 Å². The summed E-state index contributed by atoms with van der Waals surface area (Å²) in [4.78, 5) is 21.3. The van der Waals surface area contributed by atoms with E-state index in [0.29, 0.717) is 12.2 Å². The molecule has 0 aliphatic carbocycles. The van der Waals surface area contributed by atoms with Gasteiger partial charge in [-0.2, -0.15) is 0 Å². The third-order valence-corrected chi connectivity index (χ3v) is 2.41. The molecule has 1 amide bonds. The van der Waals surface area contributed by atoms with Crippen molar-refractivity contribution in [2.24, 2.45) is 0 Å². The predicted molar refractivity (Wildman–Crippen MR) is 64.3 cm³/mol. The zero-order chi connectivity index (χ0) is 12.1. The van der Waals surface area contributed by atoms with Crippen LogP contribution >= 0.6 is 0 Å². The Bertz CT molecular complexity index is 485. The maximum Gasteiger partial charge on any atom is 0.272 e. The third-order valence-electron chi connectivity index (χ3n) is 2.41. The van der Waals surface area contributed by atoms with Crippen LogP contribution in [0.25, 0.3) is 0 Å². The number of nitrogens with zero attached hydrogens (tertiary/aromatic N) is 3. The average molecular weight is 227 g/mol. The van der Waals surface area contributed by atoms with E-state index in [-0.39, 0.29) is 5.91 Å². The summed E-state index contributed by atoms with van der Waals surface area (Å²) in [6.45, 7) is 0.573. The third kappa shape index (κ3) is 2.87. The summed E-state index contributed by atoms with van der Waals surface area (Å²) >= 11 is 0. The molecule has 0 aliphatic rings. The molecule has 0 saturated heterocycles. The van der Waals surface area contributed by atoms with Crippen LogP contribution in [0, 0.1) is 0 Å². The zero-order valence-electron chi connectivity index (χ0n) is 9.58. The first kappa shape index (κ1) is 11.3. The van der Waals surface area contributed by atoms with Crippen LogP contribution in [0.15, 0.2) is 48.9 Å². The normalized spacial score (nSPS) is 9.94.